The standard InChI is InChI=1S/C17H15FN4O5/c18-14-5-12(1-2-15(14)21-6-11(8-23)19-10-21)22-7-13(27-17(22)24)9-25-16-3-4-26-20-16/h1-6,10,13,23H,7-9H2/t13-/m1/s1. The Hall–Kier alpha value is -3.40. The number of hydrogen-bond donors (Lipinski definition) is 1. The average molecular weight is 374 g/mol. The Morgan fingerprint density at radius 2 is 2.26 bits per heavy atom. The lowest BCUT2D eigenvalue weighted by molar-refractivity contribution is 0.102. The summed E-state index contributed by atoms with van der Waals surface area (Å²) in [5.74, 6) is -0.244. The number of ether oxygens (including phenoxy) is 2. The minimum atomic E-state index is -0.582. The van der Waals surface area contributed by atoms with Crippen LogP contribution in [0.4, 0.5) is 14.9 Å². The summed E-state index contributed by atoms with van der Waals surface area (Å²) in [6, 6.07) is 5.93. The van der Waals surface area contributed by atoms with Gasteiger partial charge >= 0.3 is 6.09 Å². The first-order valence-corrected chi connectivity index (χ1v) is 8.09. The maximum atomic E-state index is 14.5. The number of aromatic nitrogens is 3. The van der Waals surface area contributed by atoms with Gasteiger partial charge in [-0.25, -0.2) is 14.2 Å². The zero-order valence-electron chi connectivity index (χ0n) is 14.0. The Labute approximate surface area is 152 Å². The van der Waals surface area contributed by atoms with Crippen LogP contribution >= 0.6 is 0 Å². The van der Waals surface area contributed by atoms with E-state index in [4.69, 9.17) is 14.6 Å². The summed E-state index contributed by atoms with van der Waals surface area (Å²) in [6.45, 7) is 0.0909. The van der Waals surface area contributed by atoms with Crippen LogP contribution in [0.5, 0.6) is 5.88 Å². The van der Waals surface area contributed by atoms with Gasteiger partial charge in [-0.05, 0) is 23.4 Å². The number of hydrogen-bond acceptors (Lipinski definition) is 7. The van der Waals surface area contributed by atoms with Gasteiger partial charge in [0.25, 0.3) is 5.88 Å². The number of imidazole rings is 1. The minimum Gasteiger partial charge on any atom is -0.471 e. The molecule has 1 atom stereocenters. The van der Waals surface area contributed by atoms with E-state index in [1.54, 1.807) is 12.1 Å². The van der Waals surface area contributed by atoms with Crippen LogP contribution in [0.2, 0.25) is 0 Å². The summed E-state index contributed by atoms with van der Waals surface area (Å²) in [7, 11) is 0. The Balaban J connectivity index is 1.46. The summed E-state index contributed by atoms with van der Waals surface area (Å²) >= 11 is 0. The number of rotatable bonds is 6. The molecule has 1 aliphatic rings. The van der Waals surface area contributed by atoms with E-state index >= 15 is 0 Å². The topological polar surface area (TPSA) is 103 Å². The monoisotopic (exact) mass is 374 g/mol. The molecule has 1 saturated heterocycles. The lowest BCUT2D eigenvalue weighted by atomic mass is 10.2. The van der Waals surface area contributed by atoms with Crippen molar-refractivity contribution < 1.29 is 28.3 Å². The molecule has 0 saturated carbocycles. The molecule has 1 fully saturated rings. The number of carbonyl (C=O) groups excluding carboxylic acids is 1. The summed E-state index contributed by atoms with van der Waals surface area (Å²) in [4.78, 5) is 17.4. The number of nitrogens with zero attached hydrogens (tertiary/aromatic N) is 4. The van der Waals surface area contributed by atoms with Gasteiger partial charge in [0.1, 0.15) is 18.7 Å². The molecule has 3 heterocycles. The van der Waals surface area contributed by atoms with Crippen LogP contribution < -0.4 is 9.64 Å². The molecule has 27 heavy (non-hydrogen) atoms. The zero-order valence-corrected chi connectivity index (χ0v) is 14.0. The number of aliphatic hydroxyl groups is 1. The van der Waals surface area contributed by atoms with Crippen LogP contribution in [0.1, 0.15) is 5.69 Å². The molecule has 1 amide bonds. The number of carbonyl (C=O) groups is 1. The number of anilines is 1. The predicted molar refractivity (Wildman–Crippen MR) is 89.1 cm³/mol. The highest BCUT2D eigenvalue weighted by Gasteiger charge is 2.33. The third kappa shape index (κ3) is 3.47. The summed E-state index contributed by atoms with van der Waals surface area (Å²) in [5.41, 5.74) is 1.05. The van der Waals surface area contributed by atoms with E-state index in [2.05, 4.69) is 14.7 Å². The average Bonchev–Trinajstić information content (AvgIpc) is 3.41. The van der Waals surface area contributed by atoms with Crippen LogP contribution in [0.25, 0.3) is 5.69 Å². The lowest BCUT2D eigenvalue weighted by Crippen LogP contribution is -2.26. The van der Waals surface area contributed by atoms with Gasteiger partial charge in [0.2, 0.25) is 0 Å². The SMILES string of the molecule is O=C1O[C@@H](COc2ccon2)CN1c1ccc(-n2cnc(CO)c2)c(F)c1. The highest BCUT2D eigenvalue weighted by Crippen LogP contribution is 2.26. The van der Waals surface area contributed by atoms with Crippen LogP contribution in [-0.4, -0.2) is 45.2 Å². The maximum Gasteiger partial charge on any atom is 0.414 e. The van der Waals surface area contributed by atoms with E-state index in [-0.39, 0.29) is 25.4 Å². The molecular formula is C17H15FN4O5. The third-order valence-corrected chi connectivity index (χ3v) is 4.02. The fourth-order valence-corrected chi connectivity index (χ4v) is 2.72. The number of halogens is 1. The summed E-state index contributed by atoms with van der Waals surface area (Å²) in [5, 5.41) is 12.7. The van der Waals surface area contributed by atoms with Crippen molar-refractivity contribution in [2.45, 2.75) is 12.7 Å². The highest BCUT2D eigenvalue weighted by molar-refractivity contribution is 5.89. The van der Waals surface area contributed by atoms with E-state index < -0.39 is 18.0 Å². The smallest absolute Gasteiger partial charge is 0.414 e. The fourth-order valence-electron chi connectivity index (χ4n) is 2.72. The molecule has 1 aliphatic heterocycles. The van der Waals surface area contributed by atoms with E-state index in [1.807, 2.05) is 0 Å². The minimum absolute atomic E-state index is 0.105. The van der Waals surface area contributed by atoms with Gasteiger partial charge in [0.05, 0.1) is 36.5 Å². The second-order valence-electron chi connectivity index (χ2n) is 5.83. The van der Waals surface area contributed by atoms with Gasteiger partial charge in [0.15, 0.2) is 6.10 Å². The molecule has 0 spiro atoms. The predicted octanol–water partition coefficient (Wildman–Crippen LogP) is 1.90. The molecular weight excluding hydrogens is 359 g/mol. The second-order valence-corrected chi connectivity index (χ2v) is 5.83. The van der Waals surface area contributed by atoms with E-state index in [9.17, 15) is 9.18 Å². The van der Waals surface area contributed by atoms with E-state index in [0.717, 1.165) is 0 Å². The zero-order chi connectivity index (χ0) is 18.8. The molecule has 1 aromatic carbocycles. The lowest BCUT2D eigenvalue weighted by Gasteiger charge is -2.14. The molecule has 4 rings (SSSR count). The van der Waals surface area contributed by atoms with Crippen LogP contribution in [-0.2, 0) is 11.3 Å². The van der Waals surface area contributed by atoms with Crippen molar-refractivity contribution in [3.63, 3.8) is 0 Å². The van der Waals surface area contributed by atoms with E-state index in [0.29, 0.717) is 17.3 Å². The van der Waals surface area contributed by atoms with Crippen molar-refractivity contribution in [3.05, 3.63) is 54.6 Å². The summed E-state index contributed by atoms with van der Waals surface area (Å²) < 4.78 is 31.2. The molecule has 140 valence electrons. The van der Waals surface area contributed by atoms with Crippen LogP contribution in [0, 0.1) is 5.82 Å². The summed E-state index contributed by atoms with van der Waals surface area (Å²) in [6.07, 6.45) is 3.21. The van der Waals surface area contributed by atoms with Crippen LogP contribution in [0.3, 0.4) is 0 Å². The van der Waals surface area contributed by atoms with E-state index in [1.165, 1.54) is 40.4 Å². The quantitative estimate of drug-likeness (QED) is 0.703. The Kier molecular flexibility index (Phi) is 4.47. The molecule has 1 N–H and O–H groups in total. The van der Waals surface area contributed by atoms with Crippen LogP contribution in [0.15, 0.2) is 47.6 Å². The number of amides is 1. The van der Waals surface area contributed by atoms with Crippen molar-refractivity contribution in [2.24, 2.45) is 0 Å². The fraction of sp³-hybridized carbons (Fsp3) is 0.235. The van der Waals surface area contributed by atoms with Gasteiger partial charge in [-0.1, -0.05) is 0 Å². The highest BCUT2D eigenvalue weighted by atomic mass is 19.1. The van der Waals surface area contributed by atoms with Crippen molar-refractivity contribution in [1.82, 2.24) is 14.7 Å². The van der Waals surface area contributed by atoms with Crippen molar-refractivity contribution in [3.8, 4) is 11.6 Å². The molecule has 9 nitrogen and oxygen atoms in total. The molecule has 10 heteroatoms. The molecule has 3 aromatic rings. The number of cyclic esters (lactones) is 1. The maximum absolute atomic E-state index is 14.5. The first-order chi connectivity index (χ1) is 13.1. The molecule has 2 aromatic heterocycles. The molecule has 0 aliphatic carbocycles. The second kappa shape index (κ2) is 7.08. The first-order valence-electron chi connectivity index (χ1n) is 8.09. The van der Waals surface area contributed by atoms with Crippen molar-refractivity contribution >= 4 is 11.8 Å². The molecule has 0 bridgehead atoms. The third-order valence-electron chi connectivity index (χ3n) is 4.02. The van der Waals surface area contributed by atoms with Gasteiger partial charge in [-0.3, -0.25) is 4.90 Å². The largest absolute Gasteiger partial charge is 0.471 e. The number of aliphatic hydroxyl groups excluding tert-OH is 1. The normalized spacial score (nSPS) is 16.6. The molecule has 0 unspecified atom stereocenters. The van der Waals surface area contributed by atoms with Gasteiger partial charge < -0.3 is 23.7 Å². The van der Waals surface area contributed by atoms with Crippen molar-refractivity contribution in [2.75, 3.05) is 18.1 Å². The Bertz CT molecular complexity index is 943. The van der Waals surface area contributed by atoms with Crippen molar-refractivity contribution in [1.29, 1.82) is 0 Å². The molecule has 0 radical (unpaired) electrons. The Morgan fingerprint density at radius 1 is 1.37 bits per heavy atom. The first kappa shape index (κ1) is 17.0. The van der Waals surface area contributed by atoms with Gasteiger partial charge in [0, 0.05) is 12.3 Å². The number of benzene rings is 1. The Morgan fingerprint density at radius 3 is 2.96 bits per heavy atom. The van der Waals surface area contributed by atoms with Gasteiger partial charge in [-0.2, -0.15) is 0 Å². The van der Waals surface area contributed by atoms with Gasteiger partial charge in [-0.15, -0.1) is 0 Å².